The van der Waals surface area contributed by atoms with Crippen molar-refractivity contribution >= 4 is 13.3 Å². The molecule has 0 saturated carbocycles. The molecule has 0 aliphatic heterocycles. The maximum atomic E-state index is 2.20. The average Bonchev–Trinajstić information content (AvgIpc) is 1.80. The van der Waals surface area contributed by atoms with Crippen molar-refractivity contribution in [2.75, 3.05) is 0 Å². The van der Waals surface area contributed by atoms with Gasteiger partial charge in [0.1, 0.15) is 7.85 Å². The lowest BCUT2D eigenvalue weighted by molar-refractivity contribution is 1.41. The Morgan fingerprint density at radius 2 is 1.89 bits per heavy atom. The molecule has 1 aromatic carbocycles. The molecule has 1 heteroatoms. The summed E-state index contributed by atoms with van der Waals surface area (Å²) < 4.78 is 0. The van der Waals surface area contributed by atoms with Gasteiger partial charge in [-0.3, -0.25) is 0 Å². The molecular formula is C8H11B. The van der Waals surface area contributed by atoms with Crippen LogP contribution in [0.4, 0.5) is 0 Å². The molecule has 0 N–H and O–H groups in total. The highest BCUT2D eigenvalue weighted by molar-refractivity contribution is 6.33. The first-order valence-corrected chi connectivity index (χ1v) is 3.24. The van der Waals surface area contributed by atoms with E-state index in [1.807, 2.05) is 0 Å². The Morgan fingerprint density at radius 1 is 1.22 bits per heavy atom. The molecule has 0 nitrogen and oxygen atoms in total. The normalized spacial score (nSPS) is 9.56. The lowest BCUT2D eigenvalue weighted by atomic mass is 9.90. The van der Waals surface area contributed by atoms with Crippen molar-refractivity contribution in [1.82, 2.24) is 0 Å². The molecule has 1 aromatic rings. The van der Waals surface area contributed by atoms with Gasteiger partial charge < -0.3 is 0 Å². The zero-order chi connectivity index (χ0) is 6.85. The molecule has 0 bridgehead atoms. The Balaban J connectivity index is 3.17. The van der Waals surface area contributed by atoms with E-state index in [9.17, 15) is 0 Å². The standard InChI is InChI=1S/C8H11B/c1-6-3-4-8(9)7(2)5-6/h3-5H,9H2,1-2H3. The van der Waals surface area contributed by atoms with Crippen LogP contribution in [0.15, 0.2) is 18.2 Å². The van der Waals surface area contributed by atoms with Crippen LogP contribution in [0.5, 0.6) is 0 Å². The first-order valence-electron chi connectivity index (χ1n) is 3.24. The Labute approximate surface area is 57.3 Å². The topological polar surface area (TPSA) is 0 Å². The fourth-order valence-electron chi connectivity index (χ4n) is 0.891. The minimum absolute atomic E-state index is 1.35. The molecule has 0 aliphatic carbocycles. The molecule has 0 amide bonds. The Morgan fingerprint density at radius 3 is 2.33 bits per heavy atom. The summed E-state index contributed by atoms with van der Waals surface area (Å²) in [5.74, 6) is 0. The first-order chi connectivity index (χ1) is 4.20. The molecule has 0 atom stereocenters. The van der Waals surface area contributed by atoms with Crippen molar-refractivity contribution in [3.8, 4) is 0 Å². The van der Waals surface area contributed by atoms with Gasteiger partial charge in [0.05, 0.1) is 0 Å². The lowest BCUT2D eigenvalue weighted by Crippen LogP contribution is -2.05. The number of benzene rings is 1. The van der Waals surface area contributed by atoms with Crippen LogP contribution in [0.3, 0.4) is 0 Å². The van der Waals surface area contributed by atoms with E-state index in [0.717, 1.165) is 0 Å². The number of hydrogen-bond acceptors (Lipinski definition) is 0. The lowest BCUT2D eigenvalue weighted by Gasteiger charge is -1.98. The second-order valence-electron chi connectivity index (χ2n) is 2.59. The van der Waals surface area contributed by atoms with E-state index in [1.54, 1.807) is 0 Å². The van der Waals surface area contributed by atoms with Gasteiger partial charge in [0.25, 0.3) is 0 Å². The van der Waals surface area contributed by atoms with Crippen molar-refractivity contribution in [2.45, 2.75) is 13.8 Å². The highest BCUT2D eigenvalue weighted by Gasteiger charge is 1.89. The summed E-state index contributed by atoms with van der Waals surface area (Å²) in [5.41, 5.74) is 4.11. The summed E-state index contributed by atoms with van der Waals surface area (Å²) >= 11 is 0. The summed E-state index contributed by atoms with van der Waals surface area (Å²) in [5, 5.41) is 0. The first kappa shape index (κ1) is 6.41. The van der Waals surface area contributed by atoms with E-state index in [2.05, 4.69) is 39.9 Å². The van der Waals surface area contributed by atoms with Gasteiger partial charge >= 0.3 is 0 Å². The van der Waals surface area contributed by atoms with E-state index in [0.29, 0.717) is 0 Å². The maximum Gasteiger partial charge on any atom is 0.139 e. The minimum Gasteiger partial charge on any atom is -0.0861 e. The molecule has 0 fully saturated rings. The number of rotatable bonds is 0. The van der Waals surface area contributed by atoms with Crippen LogP contribution in [0.1, 0.15) is 11.1 Å². The zero-order valence-electron chi connectivity index (χ0n) is 6.23. The number of aryl methyl sites for hydroxylation is 2. The van der Waals surface area contributed by atoms with Crippen molar-refractivity contribution in [3.05, 3.63) is 29.3 Å². The molecule has 1 rings (SSSR count). The molecule has 0 radical (unpaired) electrons. The van der Waals surface area contributed by atoms with Gasteiger partial charge in [0.2, 0.25) is 0 Å². The van der Waals surface area contributed by atoms with Crippen LogP contribution in [-0.2, 0) is 0 Å². The summed E-state index contributed by atoms with van der Waals surface area (Å²) in [4.78, 5) is 0. The molecule has 9 heavy (non-hydrogen) atoms. The molecule has 0 heterocycles. The van der Waals surface area contributed by atoms with E-state index < -0.39 is 0 Å². The van der Waals surface area contributed by atoms with Gasteiger partial charge in [-0.25, -0.2) is 0 Å². The highest BCUT2D eigenvalue weighted by Crippen LogP contribution is 1.97. The molecule has 46 valence electrons. The third-order valence-electron chi connectivity index (χ3n) is 1.66. The molecule has 0 unspecified atom stereocenters. The van der Waals surface area contributed by atoms with Crippen LogP contribution in [-0.4, -0.2) is 7.85 Å². The Hall–Kier alpha value is -0.715. The van der Waals surface area contributed by atoms with Crippen LogP contribution in [0.25, 0.3) is 0 Å². The smallest absolute Gasteiger partial charge is 0.0861 e. The van der Waals surface area contributed by atoms with Crippen LogP contribution in [0, 0.1) is 13.8 Å². The molecule has 0 aliphatic rings. The summed E-state index contributed by atoms with van der Waals surface area (Å²) in [7, 11) is 2.13. The van der Waals surface area contributed by atoms with Crippen molar-refractivity contribution in [2.24, 2.45) is 0 Å². The second-order valence-corrected chi connectivity index (χ2v) is 2.59. The SMILES string of the molecule is Bc1ccc(C)cc1C. The zero-order valence-corrected chi connectivity index (χ0v) is 6.23. The van der Waals surface area contributed by atoms with Gasteiger partial charge in [-0.1, -0.05) is 34.8 Å². The predicted molar refractivity (Wildman–Crippen MR) is 44.1 cm³/mol. The van der Waals surface area contributed by atoms with Crippen molar-refractivity contribution in [1.29, 1.82) is 0 Å². The van der Waals surface area contributed by atoms with E-state index in [-0.39, 0.29) is 0 Å². The van der Waals surface area contributed by atoms with Gasteiger partial charge in [-0.2, -0.15) is 0 Å². The monoisotopic (exact) mass is 118 g/mol. The number of hydrogen-bond donors (Lipinski definition) is 0. The van der Waals surface area contributed by atoms with Crippen LogP contribution in [0.2, 0.25) is 0 Å². The fraction of sp³-hybridized carbons (Fsp3) is 0.250. The predicted octanol–water partition coefficient (Wildman–Crippen LogP) is 0.562. The van der Waals surface area contributed by atoms with Crippen molar-refractivity contribution in [3.63, 3.8) is 0 Å². The maximum absolute atomic E-state index is 2.20. The minimum atomic E-state index is 1.35. The van der Waals surface area contributed by atoms with Gasteiger partial charge in [-0.05, 0) is 13.8 Å². The third-order valence-corrected chi connectivity index (χ3v) is 1.66. The van der Waals surface area contributed by atoms with Crippen LogP contribution >= 0.6 is 0 Å². The van der Waals surface area contributed by atoms with Gasteiger partial charge in [0, 0.05) is 0 Å². The van der Waals surface area contributed by atoms with Crippen molar-refractivity contribution < 1.29 is 0 Å². The summed E-state index contributed by atoms with van der Waals surface area (Å²) in [6.45, 7) is 4.26. The second kappa shape index (κ2) is 2.26. The van der Waals surface area contributed by atoms with Crippen LogP contribution < -0.4 is 5.46 Å². The third kappa shape index (κ3) is 1.35. The molecule has 0 spiro atoms. The van der Waals surface area contributed by atoms with E-state index in [1.165, 1.54) is 16.6 Å². The van der Waals surface area contributed by atoms with E-state index >= 15 is 0 Å². The Kier molecular flexibility index (Phi) is 1.61. The Bertz CT molecular complexity index is 216. The van der Waals surface area contributed by atoms with E-state index in [4.69, 9.17) is 0 Å². The quantitative estimate of drug-likeness (QED) is 0.436. The summed E-state index contributed by atoms with van der Waals surface area (Å²) in [6, 6.07) is 6.50. The highest BCUT2D eigenvalue weighted by atomic mass is 13.9. The molecule has 0 aromatic heterocycles. The molecular weight excluding hydrogens is 107 g/mol. The van der Waals surface area contributed by atoms with Gasteiger partial charge in [-0.15, -0.1) is 0 Å². The fourth-order valence-corrected chi connectivity index (χ4v) is 0.891. The summed E-state index contributed by atoms with van der Waals surface area (Å²) in [6.07, 6.45) is 0. The largest absolute Gasteiger partial charge is 0.139 e. The average molecular weight is 118 g/mol. The van der Waals surface area contributed by atoms with Gasteiger partial charge in [0.15, 0.2) is 0 Å². The molecule has 0 saturated heterocycles.